The number of hydrogen-bond acceptors (Lipinski definition) is 2. The van der Waals surface area contributed by atoms with E-state index in [9.17, 15) is 13.2 Å². The second-order valence-corrected chi connectivity index (χ2v) is 6.49. The predicted molar refractivity (Wildman–Crippen MR) is 98.3 cm³/mol. The maximum atomic E-state index is 12.9. The number of benzene rings is 2. The van der Waals surface area contributed by atoms with Gasteiger partial charge in [-0.3, -0.25) is 0 Å². The standard InChI is InChI=1S/C21H26F3NO/c1-3-4-14-25(2)15-13-20(17-9-6-5-7-10-17)26-19-12-8-11-18(16-19)21(22,23)24/h5-12,16,20H,3-4,13-15H2,1-2H3. The van der Waals surface area contributed by atoms with E-state index in [1.54, 1.807) is 6.07 Å². The zero-order valence-electron chi connectivity index (χ0n) is 15.3. The number of alkyl halides is 3. The quantitative estimate of drug-likeness (QED) is 0.545. The Morgan fingerprint density at radius 2 is 1.73 bits per heavy atom. The lowest BCUT2D eigenvalue weighted by Gasteiger charge is -2.23. The fourth-order valence-corrected chi connectivity index (χ4v) is 2.75. The van der Waals surface area contributed by atoms with E-state index in [0.29, 0.717) is 6.42 Å². The Balaban J connectivity index is 2.12. The van der Waals surface area contributed by atoms with Crippen molar-refractivity contribution in [2.45, 2.75) is 38.5 Å². The smallest absolute Gasteiger partial charge is 0.416 e. The molecule has 0 heterocycles. The minimum atomic E-state index is -4.37. The lowest BCUT2D eigenvalue weighted by atomic mass is 10.1. The minimum absolute atomic E-state index is 0.241. The highest BCUT2D eigenvalue weighted by atomic mass is 19.4. The summed E-state index contributed by atoms with van der Waals surface area (Å²) in [5.74, 6) is 0.241. The van der Waals surface area contributed by atoms with E-state index in [4.69, 9.17) is 4.74 Å². The van der Waals surface area contributed by atoms with Crippen LogP contribution in [0.1, 0.15) is 43.4 Å². The van der Waals surface area contributed by atoms with Gasteiger partial charge in [0.1, 0.15) is 11.9 Å². The predicted octanol–water partition coefficient (Wildman–Crippen LogP) is 5.95. The van der Waals surface area contributed by atoms with E-state index in [2.05, 4.69) is 18.9 Å². The number of ether oxygens (including phenoxy) is 1. The van der Waals surface area contributed by atoms with Crippen LogP contribution >= 0.6 is 0 Å². The van der Waals surface area contributed by atoms with Gasteiger partial charge in [0.05, 0.1) is 5.56 Å². The molecule has 1 unspecified atom stereocenters. The van der Waals surface area contributed by atoms with E-state index in [1.165, 1.54) is 6.07 Å². The summed E-state index contributed by atoms with van der Waals surface area (Å²) in [6.45, 7) is 3.97. The normalized spacial score (nSPS) is 13.0. The Labute approximate surface area is 153 Å². The van der Waals surface area contributed by atoms with Gasteiger partial charge in [-0.2, -0.15) is 13.2 Å². The lowest BCUT2D eigenvalue weighted by Crippen LogP contribution is -2.24. The van der Waals surface area contributed by atoms with Gasteiger partial charge in [0.15, 0.2) is 0 Å². The van der Waals surface area contributed by atoms with Gasteiger partial charge in [0.2, 0.25) is 0 Å². The average molecular weight is 365 g/mol. The van der Waals surface area contributed by atoms with Crippen LogP contribution in [0, 0.1) is 0 Å². The minimum Gasteiger partial charge on any atom is -0.486 e. The molecule has 0 saturated carbocycles. The molecule has 0 radical (unpaired) electrons. The summed E-state index contributed by atoms with van der Waals surface area (Å²) in [5.41, 5.74) is 0.274. The summed E-state index contributed by atoms with van der Waals surface area (Å²) in [6, 6.07) is 14.7. The van der Waals surface area contributed by atoms with Gasteiger partial charge >= 0.3 is 6.18 Å². The highest BCUT2D eigenvalue weighted by Gasteiger charge is 2.30. The highest BCUT2D eigenvalue weighted by molar-refractivity contribution is 5.31. The Morgan fingerprint density at radius 3 is 2.38 bits per heavy atom. The first-order valence-electron chi connectivity index (χ1n) is 8.97. The molecule has 26 heavy (non-hydrogen) atoms. The summed E-state index contributed by atoms with van der Waals surface area (Å²) < 4.78 is 44.8. The maximum Gasteiger partial charge on any atom is 0.416 e. The van der Waals surface area contributed by atoms with Crippen molar-refractivity contribution >= 4 is 0 Å². The molecule has 2 rings (SSSR count). The summed E-state index contributed by atoms with van der Waals surface area (Å²) in [5, 5.41) is 0. The van der Waals surface area contributed by atoms with Crippen molar-refractivity contribution in [2.24, 2.45) is 0 Å². The van der Waals surface area contributed by atoms with Crippen molar-refractivity contribution in [3.63, 3.8) is 0 Å². The van der Waals surface area contributed by atoms with E-state index in [1.807, 2.05) is 30.3 Å². The molecule has 2 aromatic rings. The fourth-order valence-electron chi connectivity index (χ4n) is 2.75. The van der Waals surface area contributed by atoms with Crippen molar-refractivity contribution in [2.75, 3.05) is 20.1 Å². The van der Waals surface area contributed by atoms with E-state index < -0.39 is 11.7 Å². The molecule has 142 valence electrons. The van der Waals surface area contributed by atoms with Crippen LogP contribution in [0.3, 0.4) is 0 Å². The first-order valence-corrected chi connectivity index (χ1v) is 8.97. The van der Waals surface area contributed by atoms with Crippen molar-refractivity contribution in [3.05, 3.63) is 65.7 Å². The molecular weight excluding hydrogens is 339 g/mol. The van der Waals surface area contributed by atoms with Crippen LogP contribution in [0.15, 0.2) is 54.6 Å². The van der Waals surface area contributed by atoms with Crippen LogP contribution in [0.2, 0.25) is 0 Å². The third kappa shape index (κ3) is 6.37. The molecule has 0 aromatic heterocycles. The third-order valence-electron chi connectivity index (χ3n) is 4.28. The number of hydrogen-bond donors (Lipinski definition) is 0. The SMILES string of the molecule is CCCCN(C)CCC(Oc1cccc(C(F)(F)F)c1)c1ccccc1. The second-order valence-electron chi connectivity index (χ2n) is 6.49. The van der Waals surface area contributed by atoms with Gasteiger partial charge in [0, 0.05) is 13.0 Å². The van der Waals surface area contributed by atoms with Gasteiger partial charge in [0.25, 0.3) is 0 Å². The highest BCUT2D eigenvalue weighted by Crippen LogP contribution is 2.33. The van der Waals surface area contributed by atoms with Crippen molar-refractivity contribution in [1.82, 2.24) is 4.90 Å². The monoisotopic (exact) mass is 365 g/mol. The summed E-state index contributed by atoms with van der Waals surface area (Å²) in [6.07, 6.45) is -1.69. The molecule has 0 spiro atoms. The fraction of sp³-hybridized carbons (Fsp3) is 0.429. The topological polar surface area (TPSA) is 12.5 Å². The van der Waals surface area contributed by atoms with Gasteiger partial charge < -0.3 is 9.64 Å². The second kappa shape index (κ2) is 9.62. The molecule has 0 aliphatic rings. The van der Waals surface area contributed by atoms with Gasteiger partial charge in [-0.1, -0.05) is 49.7 Å². The Morgan fingerprint density at radius 1 is 1.00 bits per heavy atom. The lowest BCUT2D eigenvalue weighted by molar-refractivity contribution is -0.137. The maximum absolute atomic E-state index is 12.9. The molecule has 0 fully saturated rings. The third-order valence-corrected chi connectivity index (χ3v) is 4.28. The van der Waals surface area contributed by atoms with Crippen LogP contribution in [0.25, 0.3) is 0 Å². The average Bonchev–Trinajstić information content (AvgIpc) is 2.63. The van der Waals surface area contributed by atoms with E-state index in [-0.39, 0.29) is 11.9 Å². The summed E-state index contributed by atoms with van der Waals surface area (Å²) in [7, 11) is 2.06. The molecule has 0 N–H and O–H groups in total. The molecule has 2 nitrogen and oxygen atoms in total. The first-order chi connectivity index (χ1) is 12.4. The van der Waals surface area contributed by atoms with Crippen LogP contribution in [-0.4, -0.2) is 25.0 Å². The Kier molecular flexibility index (Phi) is 7.51. The van der Waals surface area contributed by atoms with Crippen LogP contribution < -0.4 is 4.74 Å². The molecule has 5 heteroatoms. The zero-order valence-corrected chi connectivity index (χ0v) is 15.3. The zero-order chi connectivity index (χ0) is 19.0. The molecule has 0 aliphatic heterocycles. The van der Waals surface area contributed by atoms with Gasteiger partial charge in [-0.05, 0) is 43.8 Å². The van der Waals surface area contributed by atoms with E-state index >= 15 is 0 Å². The first kappa shape index (κ1) is 20.3. The molecular formula is C21H26F3NO. The van der Waals surface area contributed by atoms with Crippen LogP contribution in [0.5, 0.6) is 5.75 Å². The number of nitrogens with zero attached hydrogens (tertiary/aromatic N) is 1. The Bertz CT molecular complexity index is 658. The molecule has 1 atom stereocenters. The number of halogens is 3. The molecule has 0 aliphatic carbocycles. The van der Waals surface area contributed by atoms with Gasteiger partial charge in [-0.15, -0.1) is 0 Å². The number of rotatable bonds is 9. The van der Waals surface area contributed by atoms with Crippen LogP contribution in [-0.2, 0) is 6.18 Å². The molecule has 0 saturated heterocycles. The molecule has 0 amide bonds. The summed E-state index contributed by atoms with van der Waals surface area (Å²) >= 11 is 0. The largest absolute Gasteiger partial charge is 0.486 e. The van der Waals surface area contributed by atoms with Gasteiger partial charge in [-0.25, -0.2) is 0 Å². The Hall–Kier alpha value is -2.01. The van der Waals surface area contributed by atoms with E-state index in [0.717, 1.165) is 43.6 Å². The molecule has 2 aromatic carbocycles. The van der Waals surface area contributed by atoms with Crippen molar-refractivity contribution in [3.8, 4) is 5.75 Å². The van der Waals surface area contributed by atoms with Crippen LogP contribution in [0.4, 0.5) is 13.2 Å². The molecule has 0 bridgehead atoms. The number of unbranched alkanes of at least 4 members (excludes halogenated alkanes) is 1. The van der Waals surface area contributed by atoms with Crippen molar-refractivity contribution < 1.29 is 17.9 Å². The summed E-state index contributed by atoms with van der Waals surface area (Å²) in [4.78, 5) is 2.23. The van der Waals surface area contributed by atoms with Crippen molar-refractivity contribution in [1.29, 1.82) is 0 Å².